The standard InChI is InChI=1S/C23H22N6O5S/c24-28-25-11-16-13-35-22-19(21(31)29(22)20(16)23(32)33)26-18(30)10-15-8-4-5-9-17(15)27-34-12-14-6-2-1-3-7-14/h1-9,15,19,22H,10-13H2,(H,26,30)(H,32,33)/t15?,19-,22-/m1/s1. The van der Waals surface area contributed by atoms with Gasteiger partial charge >= 0.3 is 5.97 Å². The first-order valence-electron chi connectivity index (χ1n) is 10.8. The predicted molar refractivity (Wildman–Crippen MR) is 129 cm³/mol. The fraction of sp³-hybridized carbons (Fsp3) is 0.304. The van der Waals surface area contributed by atoms with Gasteiger partial charge in [-0.1, -0.05) is 58.8 Å². The second kappa shape index (κ2) is 10.9. The summed E-state index contributed by atoms with van der Waals surface area (Å²) < 4.78 is 0. The van der Waals surface area contributed by atoms with Crippen molar-refractivity contribution in [2.24, 2.45) is 16.2 Å². The van der Waals surface area contributed by atoms with Gasteiger partial charge in [0.15, 0.2) is 0 Å². The van der Waals surface area contributed by atoms with Crippen LogP contribution in [0.1, 0.15) is 12.0 Å². The first kappa shape index (κ1) is 24.1. The van der Waals surface area contributed by atoms with Crippen LogP contribution in [-0.2, 0) is 25.8 Å². The molecule has 3 atom stereocenters. The quantitative estimate of drug-likeness (QED) is 0.177. The highest BCUT2D eigenvalue weighted by molar-refractivity contribution is 8.00. The van der Waals surface area contributed by atoms with Gasteiger partial charge in [-0.15, -0.1) is 11.8 Å². The summed E-state index contributed by atoms with van der Waals surface area (Å²) in [5, 5.41) is 19.4. The number of aliphatic carboxylic acids is 1. The van der Waals surface area contributed by atoms with Crippen molar-refractivity contribution >= 4 is 35.3 Å². The van der Waals surface area contributed by atoms with Gasteiger partial charge < -0.3 is 15.3 Å². The molecule has 2 amide bonds. The monoisotopic (exact) mass is 494 g/mol. The third-order valence-electron chi connectivity index (χ3n) is 5.64. The average molecular weight is 495 g/mol. The average Bonchev–Trinajstić information content (AvgIpc) is 2.87. The zero-order valence-corrected chi connectivity index (χ0v) is 19.3. The largest absolute Gasteiger partial charge is 0.477 e. The van der Waals surface area contributed by atoms with Crippen molar-refractivity contribution in [3.8, 4) is 0 Å². The number of nitrogens with zero attached hydrogens (tertiary/aromatic N) is 5. The molecule has 1 aliphatic carbocycles. The number of benzene rings is 1. The molecule has 11 nitrogen and oxygen atoms in total. The van der Waals surface area contributed by atoms with Gasteiger partial charge in [-0.3, -0.25) is 14.5 Å². The number of hydrogen-bond donors (Lipinski definition) is 2. The molecular formula is C23H22N6O5S. The second-order valence-electron chi connectivity index (χ2n) is 7.93. The number of carboxylic acid groups (broad SMARTS) is 1. The number of fused-ring (bicyclic) bond motifs is 1. The first-order valence-corrected chi connectivity index (χ1v) is 11.8. The number of carbonyl (C=O) groups excluding carboxylic acids is 2. The fourth-order valence-electron chi connectivity index (χ4n) is 3.95. The zero-order valence-electron chi connectivity index (χ0n) is 18.5. The van der Waals surface area contributed by atoms with Gasteiger partial charge in [0.05, 0.1) is 12.3 Å². The van der Waals surface area contributed by atoms with Crippen molar-refractivity contribution < 1.29 is 24.3 Å². The number of hydrogen-bond acceptors (Lipinski definition) is 7. The van der Waals surface area contributed by atoms with Gasteiger partial charge in [0, 0.05) is 23.0 Å². The molecule has 12 heteroatoms. The number of rotatable bonds is 9. The Morgan fingerprint density at radius 3 is 2.83 bits per heavy atom. The minimum Gasteiger partial charge on any atom is -0.477 e. The van der Waals surface area contributed by atoms with Crippen LogP contribution in [-0.4, -0.2) is 57.2 Å². The number of carboxylic acids is 1. The highest BCUT2D eigenvalue weighted by atomic mass is 32.2. The Morgan fingerprint density at radius 1 is 1.29 bits per heavy atom. The van der Waals surface area contributed by atoms with Crippen molar-refractivity contribution in [1.82, 2.24) is 10.2 Å². The molecule has 3 aliphatic rings. The molecule has 0 bridgehead atoms. The van der Waals surface area contributed by atoms with Gasteiger partial charge in [0.25, 0.3) is 5.91 Å². The summed E-state index contributed by atoms with van der Waals surface area (Å²) in [4.78, 5) is 46.5. The molecule has 180 valence electrons. The topological polar surface area (TPSA) is 157 Å². The Bertz CT molecular complexity index is 1190. The minimum absolute atomic E-state index is 0.0549. The molecule has 1 aromatic carbocycles. The maximum Gasteiger partial charge on any atom is 0.352 e. The highest BCUT2D eigenvalue weighted by Crippen LogP contribution is 2.40. The SMILES string of the molecule is [N-]=[N+]=NCC1=C(C(=O)O)N2C(=O)[C@@H](NC(=O)CC3C=CC=CC3=NOCc3ccccc3)[C@H]2SC1. The normalized spacial score (nSPS) is 23.9. The Morgan fingerprint density at radius 2 is 2.09 bits per heavy atom. The number of nitrogens with one attached hydrogen (secondary N) is 1. The van der Waals surface area contributed by atoms with E-state index in [4.69, 9.17) is 10.4 Å². The summed E-state index contributed by atoms with van der Waals surface area (Å²) >= 11 is 1.32. The van der Waals surface area contributed by atoms with Crippen LogP contribution < -0.4 is 5.32 Å². The van der Waals surface area contributed by atoms with Crippen molar-refractivity contribution in [2.75, 3.05) is 12.3 Å². The molecule has 0 spiro atoms. The third-order valence-corrected chi connectivity index (χ3v) is 6.98. The van der Waals surface area contributed by atoms with E-state index in [9.17, 15) is 19.5 Å². The predicted octanol–water partition coefficient (Wildman–Crippen LogP) is 2.74. The van der Waals surface area contributed by atoms with E-state index in [0.717, 1.165) is 10.5 Å². The number of thioether (sulfide) groups is 1. The molecule has 4 rings (SSSR count). The van der Waals surface area contributed by atoms with E-state index in [0.29, 0.717) is 17.9 Å². The van der Waals surface area contributed by atoms with Crippen LogP contribution in [0.3, 0.4) is 0 Å². The lowest BCUT2D eigenvalue weighted by molar-refractivity contribution is -0.150. The van der Waals surface area contributed by atoms with E-state index in [1.165, 1.54) is 11.8 Å². The van der Waals surface area contributed by atoms with Crippen LogP contribution in [0.5, 0.6) is 0 Å². The lowest BCUT2D eigenvalue weighted by Crippen LogP contribution is -2.70. The molecule has 1 saturated heterocycles. The summed E-state index contributed by atoms with van der Waals surface area (Å²) in [6, 6.07) is 8.75. The lowest BCUT2D eigenvalue weighted by atomic mass is 9.94. The lowest BCUT2D eigenvalue weighted by Gasteiger charge is -2.49. The van der Waals surface area contributed by atoms with E-state index in [2.05, 4.69) is 20.5 Å². The summed E-state index contributed by atoms with van der Waals surface area (Å²) in [6.45, 7) is 0.169. The van der Waals surface area contributed by atoms with E-state index in [1.807, 2.05) is 42.5 Å². The van der Waals surface area contributed by atoms with Gasteiger partial charge in [-0.05, 0) is 22.7 Å². The molecule has 1 aromatic rings. The maximum atomic E-state index is 12.8. The van der Waals surface area contributed by atoms with Crippen molar-refractivity contribution in [1.29, 1.82) is 0 Å². The molecule has 0 saturated carbocycles. The van der Waals surface area contributed by atoms with Crippen LogP contribution in [0.15, 0.2) is 76.2 Å². The third kappa shape index (κ3) is 5.39. The summed E-state index contributed by atoms with van der Waals surface area (Å²) in [6.07, 6.45) is 7.28. The Hall–Kier alpha value is -4.02. The number of amides is 2. The van der Waals surface area contributed by atoms with Gasteiger partial charge in [0.1, 0.15) is 23.7 Å². The summed E-state index contributed by atoms with van der Waals surface area (Å²) in [7, 11) is 0. The molecular weight excluding hydrogens is 472 g/mol. The molecule has 2 heterocycles. The molecule has 0 radical (unpaired) electrons. The van der Waals surface area contributed by atoms with Crippen LogP contribution in [0.25, 0.3) is 10.4 Å². The maximum absolute atomic E-state index is 12.8. The van der Waals surface area contributed by atoms with E-state index >= 15 is 0 Å². The fourth-order valence-corrected chi connectivity index (χ4v) is 5.29. The molecule has 1 fully saturated rings. The van der Waals surface area contributed by atoms with Crippen LogP contribution in [0.4, 0.5) is 0 Å². The van der Waals surface area contributed by atoms with Gasteiger partial charge in [0.2, 0.25) is 5.91 Å². The van der Waals surface area contributed by atoms with E-state index in [-0.39, 0.29) is 36.2 Å². The molecule has 0 aromatic heterocycles. The highest BCUT2D eigenvalue weighted by Gasteiger charge is 2.54. The van der Waals surface area contributed by atoms with Crippen molar-refractivity contribution in [2.45, 2.75) is 24.4 Å². The molecule has 2 N–H and O–H groups in total. The van der Waals surface area contributed by atoms with Crippen molar-refractivity contribution in [3.05, 3.63) is 81.9 Å². The smallest absolute Gasteiger partial charge is 0.352 e. The number of azide groups is 1. The van der Waals surface area contributed by atoms with Gasteiger partial charge in [-0.2, -0.15) is 0 Å². The van der Waals surface area contributed by atoms with Crippen LogP contribution in [0.2, 0.25) is 0 Å². The Labute approximate surface area is 204 Å². The number of β-lactam (4-membered cyclic amide) rings is 1. The van der Waals surface area contributed by atoms with Crippen molar-refractivity contribution in [3.63, 3.8) is 0 Å². The minimum atomic E-state index is -1.27. The van der Waals surface area contributed by atoms with Crippen LogP contribution in [0, 0.1) is 5.92 Å². The molecule has 1 unspecified atom stereocenters. The Balaban J connectivity index is 1.36. The Kier molecular flexibility index (Phi) is 7.54. The summed E-state index contributed by atoms with van der Waals surface area (Å²) in [5.41, 5.74) is 10.3. The first-order chi connectivity index (χ1) is 17.0. The van der Waals surface area contributed by atoms with Gasteiger partial charge in [-0.25, -0.2) is 4.79 Å². The zero-order chi connectivity index (χ0) is 24.8. The summed E-state index contributed by atoms with van der Waals surface area (Å²) in [5.74, 6) is -2.18. The molecule has 35 heavy (non-hydrogen) atoms. The van der Waals surface area contributed by atoms with E-state index < -0.39 is 23.3 Å². The number of allylic oxidation sites excluding steroid dienone is 4. The van der Waals surface area contributed by atoms with Crippen LogP contribution >= 0.6 is 11.8 Å². The molecule has 2 aliphatic heterocycles. The number of oxime groups is 1. The number of carbonyl (C=O) groups is 3. The van der Waals surface area contributed by atoms with E-state index in [1.54, 1.807) is 12.2 Å². The second-order valence-corrected chi connectivity index (χ2v) is 9.04.